The van der Waals surface area contributed by atoms with E-state index in [0.29, 0.717) is 27.6 Å². The predicted molar refractivity (Wildman–Crippen MR) is 118 cm³/mol. The second-order valence-electron chi connectivity index (χ2n) is 7.02. The maximum atomic E-state index is 11.5. The molecule has 4 rings (SSSR count). The molecule has 0 aliphatic heterocycles. The van der Waals surface area contributed by atoms with Crippen molar-refractivity contribution in [1.29, 1.82) is 5.26 Å². The summed E-state index contributed by atoms with van der Waals surface area (Å²) in [5.41, 5.74) is 3.46. The van der Waals surface area contributed by atoms with Gasteiger partial charge >= 0.3 is 0 Å². The Morgan fingerprint density at radius 3 is 2.39 bits per heavy atom. The van der Waals surface area contributed by atoms with Crippen molar-refractivity contribution < 1.29 is 14.2 Å². The lowest BCUT2D eigenvalue weighted by molar-refractivity contribution is -0.605. The van der Waals surface area contributed by atoms with Crippen LogP contribution in [0.15, 0.2) is 48.8 Å². The summed E-state index contributed by atoms with van der Waals surface area (Å²) >= 11 is 12.3. The van der Waals surface area contributed by atoms with E-state index in [9.17, 15) is 10.5 Å². The number of nitrogens with zero attached hydrogens (tertiary/aromatic N) is 3. The van der Waals surface area contributed by atoms with Crippen molar-refractivity contribution in [3.05, 3.63) is 86.4 Å². The van der Waals surface area contributed by atoms with Crippen molar-refractivity contribution in [3.8, 4) is 17.7 Å². The molecule has 156 valence electrons. The highest BCUT2D eigenvalue weighted by molar-refractivity contribution is 6.37. The normalized spacial score (nSPS) is 13.5. The van der Waals surface area contributed by atoms with Gasteiger partial charge in [-0.2, -0.15) is 9.99 Å². The zero-order valence-electron chi connectivity index (χ0n) is 16.5. The highest BCUT2D eigenvalue weighted by Crippen LogP contribution is 2.33. The summed E-state index contributed by atoms with van der Waals surface area (Å²) in [6, 6.07) is 13.7. The van der Waals surface area contributed by atoms with Crippen LogP contribution in [0.2, 0.25) is 10.0 Å². The molecule has 3 aromatic rings. The van der Waals surface area contributed by atoms with Crippen LogP contribution in [0.5, 0.6) is 11.6 Å². The fraction of sp³-hybridized carbons (Fsp3) is 0.174. The molecule has 0 saturated carbocycles. The Hall–Kier alpha value is -3.27. The van der Waals surface area contributed by atoms with E-state index >= 15 is 0 Å². The van der Waals surface area contributed by atoms with Crippen molar-refractivity contribution in [3.63, 3.8) is 0 Å². The molecule has 2 heterocycles. The van der Waals surface area contributed by atoms with Crippen LogP contribution >= 0.6 is 23.2 Å². The van der Waals surface area contributed by atoms with Gasteiger partial charge in [0.25, 0.3) is 5.88 Å². The summed E-state index contributed by atoms with van der Waals surface area (Å²) in [5, 5.41) is 21.4. The average Bonchev–Trinajstić information content (AvgIpc) is 3.15. The average molecular weight is 454 g/mol. The quantitative estimate of drug-likeness (QED) is 0.319. The Kier molecular flexibility index (Phi) is 5.99. The van der Waals surface area contributed by atoms with Crippen LogP contribution in [0.4, 0.5) is 0 Å². The van der Waals surface area contributed by atoms with E-state index < -0.39 is 0 Å². The summed E-state index contributed by atoms with van der Waals surface area (Å²) < 4.78 is 12.1. The van der Waals surface area contributed by atoms with Crippen LogP contribution in [0.25, 0.3) is 11.6 Å². The standard InChI is InChI=1S/C23H17Cl2N3O3/c1-30-22-7-6-21(16(11-26)10-18-19(24)12-28(29)13-20(18)25)27-23(22)31-17-8-14-4-2-3-5-15(14)9-17/h2-7,10,12-13,17H,8-9H2,1H3/b16-10+. The number of allylic oxidation sites excluding steroid dienone is 1. The highest BCUT2D eigenvalue weighted by Gasteiger charge is 2.24. The van der Waals surface area contributed by atoms with Gasteiger partial charge < -0.3 is 14.7 Å². The minimum absolute atomic E-state index is 0.0749. The molecule has 1 aromatic carbocycles. The number of rotatable bonds is 5. The van der Waals surface area contributed by atoms with Gasteiger partial charge in [-0.05, 0) is 29.3 Å². The molecule has 0 fully saturated rings. The summed E-state index contributed by atoms with van der Waals surface area (Å²) in [6.45, 7) is 0. The van der Waals surface area contributed by atoms with E-state index in [1.54, 1.807) is 12.1 Å². The molecular weight excluding hydrogens is 437 g/mol. The zero-order chi connectivity index (χ0) is 22.0. The fourth-order valence-corrected chi connectivity index (χ4v) is 4.09. The van der Waals surface area contributed by atoms with Gasteiger partial charge in [-0.3, -0.25) is 0 Å². The number of nitriles is 1. The second-order valence-corrected chi connectivity index (χ2v) is 7.83. The first-order chi connectivity index (χ1) is 15.0. The molecule has 0 unspecified atom stereocenters. The van der Waals surface area contributed by atoms with Gasteiger partial charge in [0, 0.05) is 18.4 Å². The Balaban J connectivity index is 1.66. The first-order valence-corrected chi connectivity index (χ1v) is 10.2. The molecular formula is C23H17Cl2N3O3. The predicted octanol–water partition coefficient (Wildman–Crippen LogP) is 4.64. The molecule has 1 aliphatic carbocycles. The largest absolute Gasteiger partial charge is 0.619 e. The number of benzene rings is 1. The van der Waals surface area contributed by atoms with E-state index in [0.717, 1.165) is 12.8 Å². The van der Waals surface area contributed by atoms with Crippen molar-refractivity contribution in [2.45, 2.75) is 18.9 Å². The summed E-state index contributed by atoms with van der Waals surface area (Å²) in [4.78, 5) is 4.52. The maximum Gasteiger partial charge on any atom is 0.257 e. The van der Waals surface area contributed by atoms with Gasteiger partial charge in [0.15, 0.2) is 18.1 Å². The molecule has 0 bridgehead atoms. The molecule has 0 atom stereocenters. The van der Waals surface area contributed by atoms with Crippen LogP contribution in [0, 0.1) is 16.5 Å². The number of aromatic nitrogens is 2. The van der Waals surface area contributed by atoms with Crippen LogP contribution in [0.1, 0.15) is 22.4 Å². The third-order valence-electron chi connectivity index (χ3n) is 5.02. The molecule has 0 N–H and O–H groups in total. The monoisotopic (exact) mass is 453 g/mol. The maximum absolute atomic E-state index is 11.5. The second kappa shape index (κ2) is 8.84. The number of methoxy groups -OCH3 is 1. The van der Waals surface area contributed by atoms with E-state index in [4.69, 9.17) is 32.7 Å². The fourth-order valence-electron chi connectivity index (χ4n) is 3.54. The number of fused-ring (bicyclic) bond motifs is 1. The van der Waals surface area contributed by atoms with Gasteiger partial charge in [0.05, 0.1) is 18.4 Å². The van der Waals surface area contributed by atoms with Gasteiger partial charge in [-0.25, -0.2) is 4.98 Å². The van der Waals surface area contributed by atoms with E-state index in [1.165, 1.54) is 36.7 Å². The van der Waals surface area contributed by atoms with Gasteiger partial charge in [-0.1, -0.05) is 47.5 Å². The minimum atomic E-state index is -0.0749. The first kappa shape index (κ1) is 21.0. The number of halogens is 2. The third kappa shape index (κ3) is 4.43. The van der Waals surface area contributed by atoms with Crippen LogP contribution in [-0.2, 0) is 12.8 Å². The van der Waals surface area contributed by atoms with Gasteiger partial charge in [0.2, 0.25) is 0 Å². The van der Waals surface area contributed by atoms with Gasteiger partial charge in [-0.15, -0.1) is 0 Å². The van der Waals surface area contributed by atoms with Crippen LogP contribution in [-0.4, -0.2) is 18.2 Å². The van der Waals surface area contributed by atoms with Crippen molar-refractivity contribution >= 4 is 34.9 Å². The number of hydrogen-bond donors (Lipinski definition) is 0. The smallest absolute Gasteiger partial charge is 0.257 e. The SMILES string of the molecule is COc1ccc(/C(C#N)=C/c2c(Cl)c[n+]([O-])cc2Cl)nc1OC1Cc2ccccc2C1. The Morgan fingerprint density at radius 1 is 1.16 bits per heavy atom. The third-order valence-corrected chi connectivity index (χ3v) is 5.62. The number of ether oxygens (including phenoxy) is 2. The Morgan fingerprint density at radius 2 is 1.81 bits per heavy atom. The van der Waals surface area contributed by atoms with Crippen molar-refractivity contribution in [2.24, 2.45) is 0 Å². The molecule has 1 aliphatic rings. The zero-order valence-corrected chi connectivity index (χ0v) is 18.0. The Labute approximate surface area is 189 Å². The van der Waals surface area contributed by atoms with E-state index in [1.807, 2.05) is 12.1 Å². The van der Waals surface area contributed by atoms with Crippen molar-refractivity contribution in [1.82, 2.24) is 4.98 Å². The van der Waals surface area contributed by atoms with Crippen molar-refractivity contribution in [2.75, 3.05) is 7.11 Å². The molecule has 31 heavy (non-hydrogen) atoms. The number of pyridine rings is 2. The lowest BCUT2D eigenvalue weighted by atomic mass is 10.1. The minimum Gasteiger partial charge on any atom is -0.619 e. The van der Waals surface area contributed by atoms with E-state index in [2.05, 4.69) is 23.2 Å². The molecule has 8 heteroatoms. The van der Waals surface area contributed by atoms with E-state index in [-0.39, 0.29) is 21.7 Å². The topological polar surface area (TPSA) is 82.1 Å². The lowest BCUT2D eigenvalue weighted by Gasteiger charge is -2.15. The molecule has 2 aromatic heterocycles. The Bertz CT molecular complexity index is 1170. The molecule has 6 nitrogen and oxygen atoms in total. The molecule has 0 amide bonds. The lowest BCUT2D eigenvalue weighted by Crippen LogP contribution is -2.24. The number of hydrogen-bond acceptors (Lipinski definition) is 5. The summed E-state index contributed by atoms with van der Waals surface area (Å²) in [6.07, 6.45) is 5.31. The highest BCUT2D eigenvalue weighted by atomic mass is 35.5. The summed E-state index contributed by atoms with van der Waals surface area (Å²) in [5.74, 6) is 0.779. The molecule has 0 radical (unpaired) electrons. The van der Waals surface area contributed by atoms with Crippen LogP contribution in [0.3, 0.4) is 0 Å². The molecule has 0 saturated heterocycles. The molecule has 0 spiro atoms. The summed E-state index contributed by atoms with van der Waals surface area (Å²) in [7, 11) is 1.54. The van der Waals surface area contributed by atoms with Crippen LogP contribution < -0.4 is 14.2 Å². The first-order valence-electron chi connectivity index (χ1n) is 9.47. The van der Waals surface area contributed by atoms with Gasteiger partial charge in [0.1, 0.15) is 22.2 Å².